The number of halogens is 4. The molecule has 4 nitrogen and oxygen atoms in total. The molecule has 0 aliphatic rings. The van der Waals surface area contributed by atoms with Crippen LogP contribution in [0.2, 0.25) is 0 Å². The average Bonchev–Trinajstić information content (AvgIpc) is 2.73. The molecule has 8 heteroatoms. The maximum Gasteiger partial charge on any atom is 0.417 e. The number of nitrogens with two attached hydrogens (primary N) is 1. The van der Waals surface area contributed by atoms with Crippen molar-refractivity contribution in [2.75, 3.05) is 0 Å². The lowest BCUT2D eigenvalue weighted by molar-refractivity contribution is -0.137. The third-order valence-corrected chi connectivity index (χ3v) is 3.10. The summed E-state index contributed by atoms with van der Waals surface area (Å²) in [5, 5.41) is 3.62. The van der Waals surface area contributed by atoms with Gasteiger partial charge in [0.2, 0.25) is 11.7 Å². The Labute approximate surface area is 127 Å². The van der Waals surface area contributed by atoms with Crippen LogP contribution in [-0.4, -0.2) is 15.7 Å². The van der Waals surface area contributed by atoms with Crippen molar-refractivity contribution >= 4 is 15.9 Å². The van der Waals surface area contributed by atoms with Gasteiger partial charge in [-0.2, -0.15) is 18.2 Å². The second-order valence-corrected chi connectivity index (χ2v) is 6.28. The third kappa shape index (κ3) is 4.04. The predicted molar refractivity (Wildman–Crippen MR) is 74.4 cm³/mol. The molecule has 1 heterocycles. The largest absolute Gasteiger partial charge is 0.417 e. The minimum absolute atomic E-state index is 0.103. The van der Waals surface area contributed by atoms with Gasteiger partial charge in [-0.05, 0) is 32.0 Å². The van der Waals surface area contributed by atoms with Gasteiger partial charge in [-0.25, -0.2) is 0 Å². The van der Waals surface area contributed by atoms with Crippen LogP contribution in [0.4, 0.5) is 13.2 Å². The molecule has 0 aliphatic heterocycles. The molecule has 0 aliphatic carbocycles. The molecule has 21 heavy (non-hydrogen) atoms. The molecule has 0 atom stereocenters. The maximum absolute atomic E-state index is 13.1. The lowest BCUT2D eigenvalue weighted by Gasteiger charge is -2.14. The number of rotatable bonds is 3. The van der Waals surface area contributed by atoms with Crippen LogP contribution < -0.4 is 5.73 Å². The molecule has 0 amide bonds. The molecule has 0 saturated heterocycles. The van der Waals surface area contributed by atoms with E-state index in [9.17, 15) is 13.2 Å². The minimum Gasteiger partial charge on any atom is -0.339 e. The van der Waals surface area contributed by atoms with Gasteiger partial charge >= 0.3 is 6.18 Å². The summed E-state index contributed by atoms with van der Waals surface area (Å²) in [5.41, 5.74) is 4.28. The van der Waals surface area contributed by atoms with Crippen molar-refractivity contribution in [2.45, 2.75) is 32.0 Å². The Morgan fingerprint density at radius 2 is 1.95 bits per heavy atom. The first kappa shape index (κ1) is 16.0. The van der Waals surface area contributed by atoms with Gasteiger partial charge < -0.3 is 10.3 Å². The average molecular weight is 364 g/mol. The van der Waals surface area contributed by atoms with E-state index < -0.39 is 17.3 Å². The van der Waals surface area contributed by atoms with E-state index in [-0.39, 0.29) is 23.7 Å². The zero-order chi connectivity index (χ0) is 15.8. The summed E-state index contributed by atoms with van der Waals surface area (Å²) in [5.74, 6) is 0.0996. The zero-order valence-corrected chi connectivity index (χ0v) is 12.9. The molecule has 1 aromatic heterocycles. The van der Waals surface area contributed by atoms with Crippen LogP contribution in [0.15, 0.2) is 27.2 Å². The van der Waals surface area contributed by atoms with Crippen LogP contribution in [0, 0.1) is 0 Å². The van der Waals surface area contributed by atoms with Crippen molar-refractivity contribution in [3.63, 3.8) is 0 Å². The molecule has 2 N–H and O–H groups in total. The first-order valence-corrected chi connectivity index (χ1v) is 6.84. The summed E-state index contributed by atoms with van der Waals surface area (Å²) in [6, 6.07) is 3.78. The van der Waals surface area contributed by atoms with Crippen LogP contribution in [0.25, 0.3) is 11.4 Å². The van der Waals surface area contributed by atoms with Crippen molar-refractivity contribution in [1.29, 1.82) is 0 Å². The van der Waals surface area contributed by atoms with Gasteiger partial charge in [0.25, 0.3) is 0 Å². The molecule has 0 spiro atoms. The molecule has 0 unspecified atom stereocenters. The smallest absolute Gasteiger partial charge is 0.339 e. The van der Waals surface area contributed by atoms with Gasteiger partial charge in [0.1, 0.15) is 0 Å². The molecular formula is C13H13BrF3N3O. The van der Waals surface area contributed by atoms with Gasteiger partial charge in [-0.1, -0.05) is 21.1 Å². The van der Waals surface area contributed by atoms with Crippen molar-refractivity contribution < 1.29 is 17.7 Å². The Bertz CT molecular complexity index is 647. The normalized spacial score (nSPS) is 12.7. The standard InChI is InChI=1S/C13H13BrF3N3O/c1-12(2,18)6-10-19-11(20-21-10)8-4-3-7(14)5-9(8)13(15,16)17/h3-5H,6,18H2,1-2H3. The van der Waals surface area contributed by atoms with Gasteiger partial charge in [-0.15, -0.1) is 0 Å². The van der Waals surface area contributed by atoms with E-state index in [1.807, 2.05) is 0 Å². The fourth-order valence-corrected chi connectivity index (χ4v) is 2.13. The van der Waals surface area contributed by atoms with E-state index in [0.29, 0.717) is 4.47 Å². The SMILES string of the molecule is CC(C)(N)Cc1nc(-c2ccc(Br)cc2C(F)(F)F)no1. The van der Waals surface area contributed by atoms with Gasteiger partial charge in [0.05, 0.1) is 5.56 Å². The summed E-state index contributed by atoms with van der Waals surface area (Å²) in [7, 11) is 0. The second-order valence-electron chi connectivity index (χ2n) is 5.36. The maximum atomic E-state index is 13.1. The lowest BCUT2D eigenvalue weighted by atomic mass is 10.0. The van der Waals surface area contributed by atoms with Crippen molar-refractivity contribution in [1.82, 2.24) is 10.1 Å². The summed E-state index contributed by atoms with van der Waals surface area (Å²) < 4.78 is 44.5. The summed E-state index contributed by atoms with van der Waals surface area (Å²) in [6.07, 6.45) is -4.23. The van der Waals surface area contributed by atoms with Gasteiger partial charge in [0, 0.05) is 22.0 Å². The lowest BCUT2D eigenvalue weighted by Crippen LogP contribution is -2.34. The first-order valence-electron chi connectivity index (χ1n) is 6.05. The van der Waals surface area contributed by atoms with Crippen LogP contribution >= 0.6 is 15.9 Å². The Balaban J connectivity index is 2.43. The van der Waals surface area contributed by atoms with Crippen molar-refractivity contribution in [3.8, 4) is 11.4 Å². The van der Waals surface area contributed by atoms with E-state index in [1.165, 1.54) is 12.1 Å². The number of aromatic nitrogens is 2. The number of hydrogen-bond donors (Lipinski definition) is 1. The van der Waals surface area contributed by atoms with E-state index in [4.69, 9.17) is 10.3 Å². The highest BCUT2D eigenvalue weighted by atomic mass is 79.9. The first-order chi connectivity index (χ1) is 9.56. The van der Waals surface area contributed by atoms with Crippen LogP contribution in [0.3, 0.4) is 0 Å². The number of benzene rings is 1. The van der Waals surface area contributed by atoms with Crippen molar-refractivity contribution in [2.24, 2.45) is 5.73 Å². The highest BCUT2D eigenvalue weighted by Crippen LogP contribution is 2.37. The van der Waals surface area contributed by atoms with E-state index in [1.54, 1.807) is 13.8 Å². The minimum atomic E-state index is -4.51. The third-order valence-electron chi connectivity index (χ3n) is 2.60. The number of hydrogen-bond acceptors (Lipinski definition) is 4. The van der Waals surface area contributed by atoms with Crippen LogP contribution in [0.5, 0.6) is 0 Å². The van der Waals surface area contributed by atoms with Crippen LogP contribution in [0.1, 0.15) is 25.3 Å². The predicted octanol–water partition coefficient (Wildman–Crippen LogP) is 3.80. The topological polar surface area (TPSA) is 64.9 Å². The number of nitrogens with zero attached hydrogens (tertiary/aromatic N) is 2. The Kier molecular flexibility index (Phi) is 4.12. The number of alkyl halides is 3. The summed E-state index contributed by atoms with van der Waals surface area (Å²) in [6.45, 7) is 3.52. The Morgan fingerprint density at radius 1 is 1.29 bits per heavy atom. The van der Waals surface area contributed by atoms with Gasteiger partial charge in [-0.3, -0.25) is 0 Å². The molecule has 0 saturated carbocycles. The van der Waals surface area contributed by atoms with Crippen LogP contribution in [-0.2, 0) is 12.6 Å². The Hall–Kier alpha value is -1.41. The van der Waals surface area contributed by atoms with E-state index >= 15 is 0 Å². The fraction of sp³-hybridized carbons (Fsp3) is 0.385. The highest BCUT2D eigenvalue weighted by molar-refractivity contribution is 9.10. The fourth-order valence-electron chi connectivity index (χ4n) is 1.77. The molecule has 1 aromatic carbocycles. The summed E-state index contributed by atoms with van der Waals surface area (Å²) in [4.78, 5) is 4.00. The monoisotopic (exact) mass is 363 g/mol. The molecule has 2 aromatic rings. The molecule has 0 bridgehead atoms. The molecule has 2 rings (SSSR count). The summed E-state index contributed by atoms with van der Waals surface area (Å²) >= 11 is 3.03. The van der Waals surface area contributed by atoms with Crippen molar-refractivity contribution in [3.05, 3.63) is 34.1 Å². The highest BCUT2D eigenvalue weighted by Gasteiger charge is 2.35. The van der Waals surface area contributed by atoms with E-state index in [0.717, 1.165) is 6.07 Å². The van der Waals surface area contributed by atoms with Gasteiger partial charge in [0.15, 0.2) is 0 Å². The Morgan fingerprint density at radius 3 is 2.52 bits per heavy atom. The molecule has 114 valence electrons. The quantitative estimate of drug-likeness (QED) is 0.900. The van der Waals surface area contributed by atoms with E-state index in [2.05, 4.69) is 26.1 Å². The second kappa shape index (κ2) is 5.42. The zero-order valence-electron chi connectivity index (χ0n) is 11.3. The molecule has 0 radical (unpaired) electrons. The molecule has 0 fully saturated rings. The molecular weight excluding hydrogens is 351 g/mol.